The van der Waals surface area contributed by atoms with Crippen molar-refractivity contribution < 1.29 is 0 Å². The molecule has 112 valence electrons. The van der Waals surface area contributed by atoms with E-state index in [1.807, 2.05) is 12.1 Å². The number of anilines is 1. The van der Waals surface area contributed by atoms with Crippen LogP contribution in [0, 0.1) is 5.41 Å². The normalized spacial score (nSPS) is 22.5. The van der Waals surface area contributed by atoms with Crippen molar-refractivity contribution in [3.8, 4) is 11.5 Å². The molecule has 3 heterocycles. The molecule has 3 N–H and O–H groups in total. The average Bonchev–Trinajstić information content (AvgIpc) is 2.98. The standard InChI is InChI=1S/C14H19BrN6/c1-14(8-16)5-2-6-21(9-14)13-18-12(19-20-13)11-4-3-10(15)7-17-11/h3-4,7H,2,5-6,8-9,16H2,1H3,(H,18,19,20). The Morgan fingerprint density at radius 1 is 1.48 bits per heavy atom. The molecule has 0 amide bonds. The molecule has 1 atom stereocenters. The van der Waals surface area contributed by atoms with Crippen LogP contribution in [0.3, 0.4) is 0 Å². The molecule has 21 heavy (non-hydrogen) atoms. The molecule has 2 aromatic heterocycles. The van der Waals surface area contributed by atoms with Crippen molar-refractivity contribution in [3.63, 3.8) is 0 Å². The number of hydrogen-bond acceptors (Lipinski definition) is 5. The van der Waals surface area contributed by atoms with Gasteiger partial charge in [0.1, 0.15) is 5.69 Å². The predicted octanol–water partition coefficient (Wildman–Crippen LogP) is 2.19. The van der Waals surface area contributed by atoms with E-state index in [-0.39, 0.29) is 5.41 Å². The van der Waals surface area contributed by atoms with Crippen LogP contribution in [0.1, 0.15) is 19.8 Å². The Labute approximate surface area is 132 Å². The van der Waals surface area contributed by atoms with Gasteiger partial charge in [0.05, 0.1) is 0 Å². The van der Waals surface area contributed by atoms with E-state index in [0.717, 1.165) is 42.0 Å². The zero-order chi connectivity index (χ0) is 14.9. The number of nitrogens with zero attached hydrogens (tertiary/aromatic N) is 4. The molecule has 7 heteroatoms. The molecule has 3 rings (SSSR count). The molecule has 0 aliphatic carbocycles. The van der Waals surface area contributed by atoms with Crippen molar-refractivity contribution in [2.75, 3.05) is 24.5 Å². The number of rotatable bonds is 3. The summed E-state index contributed by atoms with van der Waals surface area (Å²) in [5.41, 5.74) is 6.83. The van der Waals surface area contributed by atoms with E-state index < -0.39 is 0 Å². The maximum absolute atomic E-state index is 5.90. The quantitative estimate of drug-likeness (QED) is 0.886. The van der Waals surface area contributed by atoms with E-state index in [9.17, 15) is 0 Å². The second-order valence-corrected chi connectivity index (χ2v) is 6.80. The Morgan fingerprint density at radius 2 is 2.33 bits per heavy atom. The molecule has 0 saturated carbocycles. The number of aromatic nitrogens is 4. The first-order valence-electron chi connectivity index (χ1n) is 7.09. The summed E-state index contributed by atoms with van der Waals surface area (Å²) in [5.74, 6) is 1.42. The number of pyridine rings is 1. The number of H-pyrrole nitrogens is 1. The van der Waals surface area contributed by atoms with Gasteiger partial charge in [-0.1, -0.05) is 6.92 Å². The molecular weight excluding hydrogens is 332 g/mol. The van der Waals surface area contributed by atoms with Crippen LogP contribution in [-0.4, -0.2) is 39.8 Å². The third-order valence-electron chi connectivity index (χ3n) is 4.00. The summed E-state index contributed by atoms with van der Waals surface area (Å²) in [4.78, 5) is 11.1. The first-order valence-corrected chi connectivity index (χ1v) is 7.88. The Kier molecular flexibility index (Phi) is 3.95. The molecule has 1 fully saturated rings. The van der Waals surface area contributed by atoms with Crippen molar-refractivity contribution in [1.29, 1.82) is 0 Å². The highest BCUT2D eigenvalue weighted by Crippen LogP contribution is 2.30. The number of nitrogens with one attached hydrogen (secondary N) is 1. The lowest BCUT2D eigenvalue weighted by atomic mass is 9.82. The maximum Gasteiger partial charge on any atom is 0.245 e. The highest BCUT2D eigenvalue weighted by molar-refractivity contribution is 9.10. The van der Waals surface area contributed by atoms with E-state index in [0.29, 0.717) is 12.4 Å². The third-order valence-corrected chi connectivity index (χ3v) is 4.47. The third kappa shape index (κ3) is 3.08. The Bertz CT molecular complexity index is 610. The monoisotopic (exact) mass is 350 g/mol. The molecule has 1 aliphatic heterocycles. The van der Waals surface area contributed by atoms with Gasteiger partial charge in [0.15, 0.2) is 5.82 Å². The lowest BCUT2D eigenvalue weighted by molar-refractivity contribution is 0.270. The van der Waals surface area contributed by atoms with Gasteiger partial charge in [0.25, 0.3) is 0 Å². The summed E-state index contributed by atoms with van der Waals surface area (Å²) in [6.45, 7) is 4.78. The van der Waals surface area contributed by atoms with Crippen LogP contribution in [0.15, 0.2) is 22.8 Å². The second-order valence-electron chi connectivity index (χ2n) is 5.89. The summed E-state index contributed by atoms with van der Waals surface area (Å²) >= 11 is 3.38. The van der Waals surface area contributed by atoms with Crippen molar-refractivity contribution in [3.05, 3.63) is 22.8 Å². The van der Waals surface area contributed by atoms with Crippen LogP contribution in [0.25, 0.3) is 11.5 Å². The van der Waals surface area contributed by atoms with Crippen LogP contribution in [0.4, 0.5) is 5.95 Å². The van der Waals surface area contributed by atoms with Gasteiger partial charge in [0, 0.05) is 23.8 Å². The first-order chi connectivity index (χ1) is 10.1. The van der Waals surface area contributed by atoms with Crippen LogP contribution < -0.4 is 10.6 Å². The second kappa shape index (κ2) is 5.73. The van der Waals surface area contributed by atoms with Gasteiger partial charge < -0.3 is 10.6 Å². The summed E-state index contributed by atoms with van der Waals surface area (Å²) in [5, 5.41) is 7.31. The van der Waals surface area contributed by atoms with E-state index in [1.165, 1.54) is 0 Å². The number of halogens is 1. The first kappa shape index (κ1) is 14.5. The largest absolute Gasteiger partial charge is 0.339 e. The van der Waals surface area contributed by atoms with Crippen molar-refractivity contribution in [1.82, 2.24) is 20.2 Å². The molecular formula is C14H19BrN6. The van der Waals surface area contributed by atoms with E-state index in [1.54, 1.807) is 6.20 Å². The number of nitrogens with two attached hydrogens (primary N) is 1. The van der Waals surface area contributed by atoms with Gasteiger partial charge in [-0.05, 0) is 52.9 Å². The smallest absolute Gasteiger partial charge is 0.245 e. The lowest BCUT2D eigenvalue weighted by Gasteiger charge is -2.39. The van der Waals surface area contributed by atoms with Gasteiger partial charge in [-0.25, -0.2) is 0 Å². The fourth-order valence-electron chi connectivity index (χ4n) is 2.68. The molecule has 1 saturated heterocycles. The molecule has 0 aromatic carbocycles. The summed E-state index contributed by atoms with van der Waals surface area (Å²) in [6.07, 6.45) is 4.03. The van der Waals surface area contributed by atoms with Gasteiger partial charge in [-0.15, -0.1) is 5.10 Å². The molecule has 2 aromatic rings. The topological polar surface area (TPSA) is 83.7 Å². The minimum Gasteiger partial charge on any atom is -0.339 e. The highest BCUT2D eigenvalue weighted by Gasteiger charge is 2.31. The van der Waals surface area contributed by atoms with E-state index in [2.05, 4.69) is 47.9 Å². The number of piperidine rings is 1. The highest BCUT2D eigenvalue weighted by atomic mass is 79.9. The lowest BCUT2D eigenvalue weighted by Crippen LogP contribution is -2.46. The Hall–Kier alpha value is -1.47. The fraction of sp³-hybridized carbons (Fsp3) is 0.500. The zero-order valence-corrected chi connectivity index (χ0v) is 13.6. The van der Waals surface area contributed by atoms with Crippen LogP contribution >= 0.6 is 15.9 Å². The summed E-state index contributed by atoms with van der Waals surface area (Å²) in [7, 11) is 0. The van der Waals surface area contributed by atoms with Crippen molar-refractivity contribution >= 4 is 21.9 Å². The van der Waals surface area contributed by atoms with Gasteiger partial charge >= 0.3 is 0 Å². The van der Waals surface area contributed by atoms with Crippen LogP contribution in [-0.2, 0) is 0 Å². The molecule has 0 bridgehead atoms. The van der Waals surface area contributed by atoms with Gasteiger partial charge in [-0.2, -0.15) is 4.98 Å². The van der Waals surface area contributed by atoms with Crippen LogP contribution in [0.5, 0.6) is 0 Å². The fourth-order valence-corrected chi connectivity index (χ4v) is 2.91. The van der Waals surface area contributed by atoms with Crippen molar-refractivity contribution in [2.45, 2.75) is 19.8 Å². The molecule has 0 radical (unpaired) electrons. The predicted molar refractivity (Wildman–Crippen MR) is 85.9 cm³/mol. The van der Waals surface area contributed by atoms with Crippen LogP contribution in [0.2, 0.25) is 0 Å². The molecule has 1 unspecified atom stereocenters. The van der Waals surface area contributed by atoms with E-state index in [4.69, 9.17) is 5.73 Å². The minimum absolute atomic E-state index is 0.148. The SMILES string of the molecule is CC1(CN)CCCN(c2n[nH]c(-c3ccc(Br)cn3)n2)C1. The zero-order valence-electron chi connectivity index (χ0n) is 12.0. The Balaban J connectivity index is 1.80. The summed E-state index contributed by atoms with van der Waals surface area (Å²) < 4.78 is 0.945. The van der Waals surface area contributed by atoms with Gasteiger partial charge in [-0.3, -0.25) is 10.1 Å². The summed E-state index contributed by atoms with van der Waals surface area (Å²) in [6, 6.07) is 3.85. The molecule has 6 nitrogen and oxygen atoms in total. The molecule has 1 aliphatic rings. The Morgan fingerprint density at radius 3 is 3.05 bits per heavy atom. The molecule has 0 spiro atoms. The van der Waals surface area contributed by atoms with E-state index >= 15 is 0 Å². The van der Waals surface area contributed by atoms with Gasteiger partial charge in [0.2, 0.25) is 5.95 Å². The minimum atomic E-state index is 0.148. The number of aromatic amines is 1. The average molecular weight is 351 g/mol. The maximum atomic E-state index is 5.90. The number of hydrogen-bond donors (Lipinski definition) is 2. The van der Waals surface area contributed by atoms with Crippen molar-refractivity contribution in [2.24, 2.45) is 11.1 Å².